The van der Waals surface area contributed by atoms with Gasteiger partial charge in [0.1, 0.15) is 0 Å². The van der Waals surface area contributed by atoms with Crippen LogP contribution in [0.1, 0.15) is 57.5 Å². The number of ether oxygens (including phenoxy) is 1. The Hall–Kier alpha value is -1.90. The van der Waals surface area contributed by atoms with Crippen LogP contribution in [-0.2, 0) is 16.7 Å². The van der Waals surface area contributed by atoms with E-state index in [2.05, 4.69) is 10.1 Å². The Balaban J connectivity index is 1.72. The number of nitrogens with zero attached hydrogens (tertiary/aromatic N) is 4. The van der Waals surface area contributed by atoms with Crippen molar-refractivity contribution in [2.45, 2.75) is 69.0 Å². The fraction of sp³-hybridized carbons (Fsp3) is 0.524. The monoisotopic (exact) mass is 448 g/mol. The zero-order chi connectivity index (χ0) is 21.5. The van der Waals surface area contributed by atoms with Crippen molar-refractivity contribution in [3.05, 3.63) is 45.3 Å². The summed E-state index contributed by atoms with van der Waals surface area (Å²) in [4.78, 5) is 22.6. The van der Waals surface area contributed by atoms with Gasteiger partial charge in [-0.3, -0.25) is 9.36 Å². The molecule has 0 bridgehead atoms. The van der Waals surface area contributed by atoms with E-state index in [4.69, 9.17) is 25.8 Å². The Bertz CT molecular complexity index is 1120. The molecule has 2 aromatic heterocycles. The van der Waals surface area contributed by atoms with E-state index in [1.165, 1.54) is 11.8 Å². The fourth-order valence-corrected chi connectivity index (χ4v) is 4.45. The van der Waals surface area contributed by atoms with Gasteiger partial charge in [0.15, 0.2) is 11.0 Å². The first-order valence-corrected chi connectivity index (χ1v) is 11.3. The van der Waals surface area contributed by atoms with E-state index in [-0.39, 0.29) is 22.3 Å². The van der Waals surface area contributed by atoms with Crippen molar-refractivity contribution >= 4 is 34.3 Å². The van der Waals surface area contributed by atoms with E-state index in [1.807, 2.05) is 27.7 Å². The number of halogens is 1. The van der Waals surface area contributed by atoms with Crippen LogP contribution in [0.3, 0.4) is 0 Å². The van der Waals surface area contributed by atoms with Crippen molar-refractivity contribution in [2.75, 3.05) is 6.61 Å². The maximum absolute atomic E-state index is 13.3. The van der Waals surface area contributed by atoms with Gasteiger partial charge < -0.3 is 9.26 Å². The minimum atomic E-state index is -0.202. The third-order valence-electron chi connectivity index (χ3n) is 5.04. The lowest BCUT2D eigenvalue weighted by Gasteiger charge is -2.17. The van der Waals surface area contributed by atoms with Crippen molar-refractivity contribution in [3.8, 4) is 0 Å². The second-order valence-corrected chi connectivity index (χ2v) is 10.3. The van der Waals surface area contributed by atoms with Gasteiger partial charge in [-0.25, -0.2) is 4.98 Å². The van der Waals surface area contributed by atoms with Crippen LogP contribution in [-0.4, -0.2) is 32.4 Å². The van der Waals surface area contributed by atoms with E-state index < -0.39 is 0 Å². The van der Waals surface area contributed by atoms with Crippen LogP contribution >= 0.6 is 23.4 Å². The predicted molar refractivity (Wildman–Crippen MR) is 117 cm³/mol. The molecule has 4 rings (SSSR count). The molecular formula is C21H25ClN4O3S. The van der Waals surface area contributed by atoms with Crippen molar-refractivity contribution < 1.29 is 9.26 Å². The molecule has 0 aliphatic carbocycles. The molecule has 0 amide bonds. The number of fused-ring (bicyclic) bond motifs is 1. The predicted octanol–water partition coefficient (Wildman–Crippen LogP) is 4.76. The van der Waals surface area contributed by atoms with Gasteiger partial charge in [-0.15, -0.1) is 0 Å². The third kappa shape index (κ3) is 4.40. The van der Waals surface area contributed by atoms with Crippen LogP contribution in [0.4, 0.5) is 0 Å². The average Bonchev–Trinajstić information content (AvgIpc) is 3.36. The Kier molecular flexibility index (Phi) is 5.92. The molecule has 3 heterocycles. The molecule has 1 aromatic carbocycles. The first-order chi connectivity index (χ1) is 14.2. The van der Waals surface area contributed by atoms with Gasteiger partial charge in [0, 0.05) is 17.0 Å². The van der Waals surface area contributed by atoms with E-state index >= 15 is 0 Å². The van der Waals surface area contributed by atoms with Gasteiger partial charge in [-0.05, 0) is 38.0 Å². The number of benzene rings is 1. The van der Waals surface area contributed by atoms with E-state index in [0.29, 0.717) is 39.3 Å². The number of thioether (sulfide) groups is 1. The molecule has 0 N–H and O–H groups in total. The van der Waals surface area contributed by atoms with Crippen LogP contribution in [0.5, 0.6) is 0 Å². The Labute approximate surface area is 184 Å². The minimum absolute atomic E-state index is 0.0137. The summed E-state index contributed by atoms with van der Waals surface area (Å²) in [5.41, 5.74) is 0.279. The molecular weight excluding hydrogens is 424 g/mol. The lowest BCUT2D eigenvalue weighted by molar-refractivity contribution is 0.0937. The maximum atomic E-state index is 13.3. The number of rotatable bonds is 5. The SMILES string of the molecule is CC(Sc1nc2cc(Cl)ccc2c(=O)n1CC1CCCO1)c1nc(C(C)(C)C)no1. The van der Waals surface area contributed by atoms with Crippen molar-refractivity contribution in [3.63, 3.8) is 0 Å². The first-order valence-electron chi connectivity index (χ1n) is 10.0. The summed E-state index contributed by atoms with van der Waals surface area (Å²) >= 11 is 7.56. The van der Waals surface area contributed by atoms with Crippen LogP contribution in [0.2, 0.25) is 5.02 Å². The second kappa shape index (κ2) is 8.32. The zero-order valence-electron chi connectivity index (χ0n) is 17.5. The van der Waals surface area contributed by atoms with Crippen molar-refractivity contribution in [1.82, 2.24) is 19.7 Å². The lowest BCUT2D eigenvalue weighted by Crippen LogP contribution is -2.29. The van der Waals surface area contributed by atoms with E-state index in [9.17, 15) is 4.79 Å². The topological polar surface area (TPSA) is 83.0 Å². The Morgan fingerprint density at radius 2 is 2.13 bits per heavy atom. The molecule has 2 unspecified atom stereocenters. The second-order valence-electron chi connectivity index (χ2n) is 8.57. The highest BCUT2D eigenvalue weighted by Crippen LogP contribution is 2.34. The summed E-state index contributed by atoms with van der Waals surface area (Å²) in [5.74, 6) is 1.16. The molecule has 1 aliphatic rings. The average molecular weight is 449 g/mol. The maximum Gasteiger partial charge on any atom is 0.262 e. The number of hydrogen-bond donors (Lipinski definition) is 0. The van der Waals surface area contributed by atoms with Crippen LogP contribution < -0.4 is 5.56 Å². The van der Waals surface area contributed by atoms with Crippen LogP contribution in [0.15, 0.2) is 32.7 Å². The van der Waals surface area contributed by atoms with E-state index in [1.54, 1.807) is 22.8 Å². The molecule has 7 nitrogen and oxygen atoms in total. The van der Waals surface area contributed by atoms with Crippen LogP contribution in [0, 0.1) is 0 Å². The summed E-state index contributed by atoms with van der Waals surface area (Å²) in [6.45, 7) is 9.27. The quantitative estimate of drug-likeness (QED) is 0.411. The summed E-state index contributed by atoms with van der Waals surface area (Å²) in [6, 6.07) is 5.16. The molecule has 1 fully saturated rings. The third-order valence-corrected chi connectivity index (χ3v) is 6.35. The van der Waals surface area contributed by atoms with Gasteiger partial charge in [-0.2, -0.15) is 4.98 Å². The molecule has 0 saturated carbocycles. The van der Waals surface area contributed by atoms with Gasteiger partial charge in [0.2, 0.25) is 5.89 Å². The molecule has 2 atom stereocenters. The molecule has 1 saturated heterocycles. The standard InChI is InChI=1S/C21H25ClN4O3S/c1-12(17-24-19(25-29-17)21(2,3)4)30-20-23-16-10-13(22)7-8-15(16)18(27)26(20)11-14-6-5-9-28-14/h7-8,10,12,14H,5-6,9,11H2,1-4H3. The molecule has 3 aromatic rings. The van der Waals surface area contributed by atoms with Gasteiger partial charge >= 0.3 is 0 Å². The molecule has 160 valence electrons. The van der Waals surface area contributed by atoms with Crippen molar-refractivity contribution in [2.24, 2.45) is 0 Å². The van der Waals surface area contributed by atoms with Crippen LogP contribution in [0.25, 0.3) is 10.9 Å². The normalized spacial score (nSPS) is 18.2. The molecule has 0 spiro atoms. The zero-order valence-corrected chi connectivity index (χ0v) is 19.1. The summed E-state index contributed by atoms with van der Waals surface area (Å²) < 4.78 is 13.0. The van der Waals surface area contributed by atoms with Gasteiger partial charge in [0.05, 0.1) is 28.8 Å². The fourth-order valence-electron chi connectivity index (χ4n) is 3.33. The molecule has 30 heavy (non-hydrogen) atoms. The van der Waals surface area contributed by atoms with Gasteiger partial charge in [0.25, 0.3) is 5.56 Å². The lowest BCUT2D eigenvalue weighted by atomic mass is 9.96. The number of aromatic nitrogens is 4. The number of hydrogen-bond acceptors (Lipinski definition) is 7. The Morgan fingerprint density at radius 3 is 2.80 bits per heavy atom. The minimum Gasteiger partial charge on any atom is -0.376 e. The highest BCUT2D eigenvalue weighted by molar-refractivity contribution is 7.99. The summed E-state index contributed by atoms with van der Waals surface area (Å²) in [6.07, 6.45) is 1.95. The summed E-state index contributed by atoms with van der Waals surface area (Å²) in [5, 5.41) is 5.61. The highest BCUT2D eigenvalue weighted by Gasteiger charge is 2.26. The van der Waals surface area contributed by atoms with Crippen molar-refractivity contribution in [1.29, 1.82) is 0 Å². The Morgan fingerprint density at radius 1 is 1.33 bits per heavy atom. The largest absolute Gasteiger partial charge is 0.376 e. The first kappa shape index (κ1) is 21.3. The summed E-state index contributed by atoms with van der Waals surface area (Å²) in [7, 11) is 0. The van der Waals surface area contributed by atoms with E-state index in [0.717, 1.165) is 19.4 Å². The molecule has 9 heteroatoms. The van der Waals surface area contributed by atoms with Gasteiger partial charge in [-0.1, -0.05) is 49.3 Å². The molecule has 1 aliphatic heterocycles. The highest BCUT2D eigenvalue weighted by atomic mass is 35.5. The smallest absolute Gasteiger partial charge is 0.262 e. The molecule has 0 radical (unpaired) electrons.